The van der Waals surface area contributed by atoms with Crippen molar-refractivity contribution in [3.8, 4) is 0 Å². The minimum absolute atomic E-state index is 0.729. The lowest BCUT2D eigenvalue weighted by atomic mass is 10.1. The first-order valence-corrected chi connectivity index (χ1v) is 6.79. The second-order valence-corrected chi connectivity index (χ2v) is 4.86. The van der Waals surface area contributed by atoms with E-state index in [1.165, 1.54) is 64.7 Å². The summed E-state index contributed by atoms with van der Waals surface area (Å²) >= 11 is 0. The van der Waals surface area contributed by atoms with E-state index < -0.39 is 0 Å². The Morgan fingerprint density at radius 3 is 2.53 bits per heavy atom. The molecular weight excluding hydrogens is 184 g/mol. The number of nitrogens with one attached hydrogen (secondary N) is 1. The van der Waals surface area contributed by atoms with E-state index in [0.29, 0.717) is 0 Å². The van der Waals surface area contributed by atoms with E-state index >= 15 is 0 Å². The molecule has 0 radical (unpaired) electrons. The summed E-state index contributed by atoms with van der Waals surface area (Å²) in [6, 6.07) is 0.729. The molecule has 0 aromatic heterocycles. The first-order valence-electron chi connectivity index (χ1n) is 6.79. The molecular formula is C13H28N2. The molecule has 0 amide bonds. The van der Waals surface area contributed by atoms with Crippen molar-refractivity contribution >= 4 is 0 Å². The summed E-state index contributed by atoms with van der Waals surface area (Å²) in [6.07, 6.45) is 8.27. The summed E-state index contributed by atoms with van der Waals surface area (Å²) in [5.41, 5.74) is 0. The van der Waals surface area contributed by atoms with Crippen molar-refractivity contribution in [1.82, 2.24) is 10.2 Å². The van der Waals surface area contributed by atoms with Gasteiger partial charge in [-0.15, -0.1) is 0 Å². The molecule has 1 saturated heterocycles. The zero-order valence-corrected chi connectivity index (χ0v) is 10.6. The quantitative estimate of drug-likeness (QED) is 0.653. The molecule has 2 heteroatoms. The van der Waals surface area contributed by atoms with Crippen LogP contribution in [0.1, 0.15) is 52.4 Å². The van der Waals surface area contributed by atoms with Crippen LogP contribution in [0.3, 0.4) is 0 Å². The second kappa shape index (κ2) is 8.12. The van der Waals surface area contributed by atoms with Crippen molar-refractivity contribution < 1.29 is 0 Å². The van der Waals surface area contributed by atoms with Gasteiger partial charge in [0.15, 0.2) is 0 Å². The summed E-state index contributed by atoms with van der Waals surface area (Å²) < 4.78 is 0. The van der Waals surface area contributed by atoms with Gasteiger partial charge in [0, 0.05) is 12.6 Å². The normalized spacial score (nSPS) is 20.4. The number of likely N-dealkylation sites (tertiary alicyclic amines) is 1. The van der Waals surface area contributed by atoms with E-state index in [-0.39, 0.29) is 0 Å². The van der Waals surface area contributed by atoms with Crippen LogP contribution in [0.25, 0.3) is 0 Å². The average Bonchev–Trinajstić information content (AvgIpc) is 2.30. The Bertz CT molecular complexity index is 141. The first kappa shape index (κ1) is 13.0. The highest BCUT2D eigenvalue weighted by Gasteiger charge is 2.15. The molecule has 1 heterocycles. The van der Waals surface area contributed by atoms with Gasteiger partial charge in [-0.05, 0) is 45.8 Å². The van der Waals surface area contributed by atoms with Gasteiger partial charge in [0.25, 0.3) is 0 Å². The van der Waals surface area contributed by atoms with E-state index in [2.05, 4.69) is 24.1 Å². The summed E-state index contributed by atoms with van der Waals surface area (Å²) in [4.78, 5) is 2.64. The number of unbranched alkanes of at least 4 members (excludes halogenated alkanes) is 2. The van der Waals surface area contributed by atoms with Crippen molar-refractivity contribution in [2.45, 2.75) is 58.4 Å². The molecule has 1 N–H and O–H groups in total. The molecule has 0 aliphatic carbocycles. The maximum Gasteiger partial charge on any atom is 0.0192 e. The number of hydrogen-bond donors (Lipinski definition) is 1. The molecule has 15 heavy (non-hydrogen) atoms. The molecule has 0 spiro atoms. The molecule has 1 aliphatic rings. The highest BCUT2D eigenvalue weighted by Crippen LogP contribution is 2.11. The molecule has 1 unspecified atom stereocenters. The Labute approximate surface area is 95.4 Å². The number of rotatable bonds is 7. The van der Waals surface area contributed by atoms with E-state index in [9.17, 15) is 0 Å². The largest absolute Gasteiger partial charge is 0.315 e. The Hall–Kier alpha value is -0.0800. The SMILES string of the molecule is CCCCCNCC(C)N1CCCCC1. The van der Waals surface area contributed by atoms with Crippen molar-refractivity contribution in [2.75, 3.05) is 26.2 Å². The Morgan fingerprint density at radius 2 is 1.87 bits per heavy atom. The third kappa shape index (κ3) is 5.53. The van der Waals surface area contributed by atoms with Crippen LogP contribution in [0.15, 0.2) is 0 Å². The smallest absolute Gasteiger partial charge is 0.0192 e. The van der Waals surface area contributed by atoms with Gasteiger partial charge in [0.2, 0.25) is 0 Å². The number of hydrogen-bond acceptors (Lipinski definition) is 2. The molecule has 1 aliphatic heterocycles. The maximum atomic E-state index is 3.58. The molecule has 90 valence electrons. The second-order valence-electron chi connectivity index (χ2n) is 4.86. The van der Waals surface area contributed by atoms with Gasteiger partial charge in [-0.2, -0.15) is 0 Å². The highest BCUT2D eigenvalue weighted by molar-refractivity contribution is 4.73. The Balaban J connectivity index is 1.99. The summed E-state index contributed by atoms with van der Waals surface area (Å²) in [5.74, 6) is 0. The maximum absolute atomic E-state index is 3.58. The lowest BCUT2D eigenvalue weighted by molar-refractivity contribution is 0.171. The predicted octanol–water partition coefficient (Wildman–Crippen LogP) is 2.64. The molecule has 1 rings (SSSR count). The van der Waals surface area contributed by atoms with Gasteiger partial charge in [0.05, 0.1) is 0 Å². The van der Waals surface area contributed by atoms with E-state index in [1.807, 2.05) is 0 Å². The Kier molecular flexibility index (Phi) is 7.03. The third-order valence-corrected chi connectivity index (χ3v) is 3.41. The van der Waals surface area contributed by atoms with Gasteiger partial charge < -0.3 is 5.32 Å². The minimum Gasteiger partial charge on any atom is -0.315 e. The van der Waals surface area contributed by atoms with Gasteiger partial charge in [0.1, 0.15) is 0 Å². The zero-order valence-electron chi connectivity index (χ0n) is 10.6. The molecule has 0 aromatic rings. The molecule has 1 fully saturated rings. The highest BCUT2D eigenvalue weighted by atomic mass is 15.2. The molecule has 2 nitrogen and oxygen atoms in total. The fraction of sp³-hybridized carbons (Fsp3) is 1.00. The average molecular weight is 212 g/mol. The fourth-order valence-electron chi connectivity index (χ4n) is 2.30. The number of nitrogens with zero attached hydrogens (tertiary/aromatic N) is 1. The van der Waals surface area contributed by atoms with Crippen LogP contribution in [-0.2, 0) is 0 Å². The van der Waals surface area contributed by atoms with Gasteiger partial charge in [-0.25, -0.2) is 0 Å². The minimum atomic E-state index is 0.729. The van der Waals surface area contributed by atoms with Crippen molar-refractivity contribution in [3.05, 3.63) is 0 Å². The van der Waals surface area contributed by atoms with Gasteiger partial charge in [-0.3, -0.25) is 4.90 Å². The number of piperidine rings is 1. The van der Waals surface area contributed by atoms with Crippen molar-refractivity contribution in [2.24, 2.45) is 0 Å². The van der Waals surface area contributed by atoms with E-state index in [4.69, 9.17) is 0 Å². The van der Waals surface area contributed by atoms with Gasteiger partial charge >= 0.3 is 0 Å². The molecule has 0 bridgehead atoms. The standard InChI is InChI=1S/C13H28N2/c1-3-4-6-9-14-12-13(2)15-10-7-5-8-11-15/h13-14H,3-12H2,1-2H3. The Morgan fingerprint density at radius 1 is 1.13 bits per heavy atom. The van der Waals surface area contributed by atoms with Crippen LogP contribution in [0.4, 0.5) is 0 Å². The summed E-state index contributed by atoms with van der Waals surface area (Å²) in [6.45, 7) is 9.62. The van der Waals surface area contributed by atoms with Crippen molar-refractivity contribution in [3.63, 3.8) is 0 Å². The van der Waals surface area contributed by atoms with Crippen LogP contribution < -0.4 is 5.32 Å². The predicted molar refractivity (Wildman–Crippen MR) is 67.3 cm³/mol. The summed E-state index contributed by atoms with van der Waals surface area (Å²) in [7, 11) is 0. The van der Waals surface area contributed by atoms with E-state index in [0.717, 1.165) is 6.04 Å². The van der Waals surface area contributed by atoms with Crippen LogP contribution in [0.5, 0.6) is 0 Å². The van der Waals surface area contributed by atoms with Crippen molar-refractivity contribution in [1.29, 1.82) is 0 Å². The molecule has 0 saturated carbocycles. The lowest BCUT2D eigenvalue weighted by Crippen LogP contribution is -2.43. The van der Waals surface area contributed by atoms with Crippen LogP contribution in [0.2, 0.25) is 0 Å². The third-order valence-electron chi connectivity index (χ3n) is 3.41. The summed E-state index contributed by atoms with van der Waals surface area (Å²) in [5, 5.41) is 3.58. The first-order chi connectivity index (χ1) is 7.34. The van der Waals surface area contributed by atoms with Crippen LogP contribution in [0, 0.1) is 0 Å². The van der Waals surface area contributed by atoms with E-state index in [1.54, 1.807) is 0 Å². The molecule has 1 atom stereocenters. The molecule has 0 aromatic carbocycles. The van der Waals surface area contributed by atoms with Gasteiger partial charge in [-0.1, -0.05) is 26.2 Å². The topological polar surface area (TPSA) is 15.3 Å². The lowest BCUT2D eigenvalue weighted by Gasteiger charge is -2.32. The zero-order chi connectivity index (χ0) is 10.9. The monoisotopic (exact) mass is 212 g/mol. The fourth-order valence-corrected chi connectivity index (χ4v) is 2.30. The van der Waals surface area contributed by atoms with Crippen LogP contribution >= 0.6 is 0 Å². The van der Waals surface area contributed by atoms with Crippen LogP contribution in [-0.4, -0.2) is 37.1 Å².